The highest BCUT2D eigenvalue weighted by molar-refractivity contribution is 8.00. The molecule has 0 radical (unpaired) electrons. The highest BCUT2D eigenvalue weighted by Crippen LogP contribution is 2.24. The molecular formula is C15H18N2O2S. The van der Waals surface area contributed by atoms with Crippen molar-refractivity contribution >= 4 is 17.7 Å². The van der Waals surface area contributed by atoms with Crippen LogP contribution < -0.4 is 5.32 Å². The van der Waals surface area contributed by atoms with Crippen LogP contribution >= 0.6 is 11.8 Å². The molecule has 0 aliphatic carbocycles. The van der Waals surface area contributed by atoms with E-state index < -0.39 is 0 Å². The van der Waals surface area contributed by atoms with E-state index in [-0.39, 0.29) is 17.3 Å². The van der Waals surface area contributed by atoms with Crippen LogP contribution in [0.25, 0.3) is 0 Å². The summed E-state index contributed by atoms with van der Waals surface area (Å²) in [5, 5.41) is 11.6. The van der Waals surface area contributed by atoms with Gasteiger partial charge in [-0.25, -0.2) is 0 Å². The maximum atomic E-state index is 12.0. The Morgan fingerprint density at radius 2 is 2.50 bits per heavy atom. The van der Waals surface area contributed by atoms with Gasteiger partial charge in [0, 0.05) is 18.0 Å². The fourth-order valence-electron chi connectivity index (χ4n) is 2.06. The van der Waals surface area contributed by atoms with Gasteiger partial charge in [-0.1, -0.05) is 6.07 Å². The fraction of sp³-hybridized carbons (Fsp3) is 0.467. The van der Waals surface area contributed by atoms with Gasteiger partial charge < -0.3 is 10.1 Å². The van der Waals surface area contributed by atoms with Crippen molar-refractivity contribution in [3.63, 3.8) is 0 Å². The van der Waals surface area contributed by atoms with Crippen LogP contribution in [0.2, 0.25) is 0 Å². The number of ether oxygens (including phenoxy) is 1. The smallest absolute Gasteiger partial charge is 0.233 e. The molecule has 2 atom stereocenters. The molecule has 0 bridgehead atoms. The second-order valence-electron chi connectivity index (χ2n) is 4.78. The van der Waals surface area contributed by atoms with Crippen molar-refractivity contribution in [2.75, 3.05) is 13.2 Å². The molecule has 1 amide bonds. The molecule has 2 rings (SSSR count). The molecule has 1 saturated heterocycles. The molecule has 106 valence electrons. The highest BCUT2D eigenvalue weighted by atomic mass is 32.2. The number of amides is 1. The topological polar surface area (TPSA) is 62.1 Å². The van der Waals surface area contributed by atoms with Gasteiger partial charge in [-0.3, -0.25) is 4.79 Å². The molecule has 1 aliphatic rings. The number of hydrogen-bond acceptors (Lipinski definition) is 4. The molecular weight excluding hydrogens is 272 g/mol. The third-order valence-electron chi connectivity index (χ3n) is 3.17. The zero-order valence-electron chi connectivity index (χ0n) is 11.5. The van der Waals surface area contributed by atoms with Crippen LogP contribution in [0, 0.1) is 11.3 Å². The highest BCUT2D eigenvalue weighted by Gasteiger charge is 2.19. The standard InChI is InChI=1S/C15H18N2O2S/c1-11(15(18)17-10-13-5-3-7-19-13)20-14-6-2-4-12(8-14)9-16/h2,4,6,8,11,13H,3,5,7,10H2,1H3,(H,17,18)/t11-,13+/m0/s1. The maximum absolute atomic E-state index is 12.0. The van der Waals surface area contributed by atoms with Crippen molar-refractivity contribution in [1.82, 2.24) is 5.32 Å². The molecule has 4 nitrogen and oxygen atoms in total. The number of carbonyl (C=O) groups excluding carboxylic acids is 1. The number of nitrogens with one attached hydrogen (secondary N) is 1. The number of nitriles is 1. The van der Waals surface area contributed by atoms with Crippen LogP contribution in [0.4, 0.5) is 0 Å². The zero-order valence-corrected chi connectivity index (χ0v) is 12.3. The third-order valence-corrected chi connectivity index (χ3v) is 4.27. The summed E-state index contributed by atoms with van der Waals surface area (Å²) >= 11 is 1.46. The first kappa shape index (κ1) is 14.9. The number of nitrogens with zero attached hydrogens (tertiary/aromatic N) is 1. The summed E-state index contributed by atoms with van der Waals surface area (Å²) in [5.74, 6) is 0.00728. The van der Waals surface area contributed by atoms with Crippen LogP contribution in [0.3, 0.4) is 0 Å². The first-order valence-electron chi connectivity index (χ1n) is 6.75. The summed E-state index contributed by atoms with van der Waals surface area (Å²) in [4.78, 5) is 12.9. The molecule has 0 saturated carbocycles. The Morgan fingerprint density at radius 3 is 3.20 bits per heavy atom. The molecule has 1 N–H and O–H groups in total. The van der Waals surface area contributed by atoms with E-state index in [1.165, 1.54) is 11.8 Å². The van der Waals surface area contributed by atoms with Gasteiger partial charge in [-0.2, -0.15) is 5.26 Å². The van der Waals surface area contributed by atoms with Gasteiger partial charge in [0.2, 0.25) is 5.91 Å². The molecule has 0 aromatic heterocycles. The normalized spacial score (nSPS) is 19.3. The predicted molar refractivity (Wildman–Crippen MR) is 78.5 cm³/mol. The predicted octanol–water partition coefficient (Wildman–Crippen LogP) is 2.33. The number of benzene rings is 1. The minimum Gasteiger partial charge on any atom is -0.376 e. The van der Waals surface area contributed by atoms with Crippen molar-refractivity contribution in [1.29, 1.82) is 5.26 Å². The largest absolute Gasteiger partial charge is 0.376 e. The van der Waals surface area contributed by atoms with Crippen LogP contribution in [0.5, 0.6) is 0 Å². The summed E-state index contributed by atoms with van der Waals surface area (Å²) < 4.78 is 5.47. The molecule has 1 fully saturated rings. The Labute approximate surface area is 123 Å². The van der Waals surface area contributed by atoms with Gasteiger partial charge in [0.1, 0.15) is 0 Å². The Hall–Kier alpha value is -1.51. The minimum atomic E-state index is -0.189. The number of rotatable bonds is 5. The Morgan fingerprint density at radius 1 is 1.65 bits per heavy atom. The van der Waals surface area contributed by atoms with Gasteiger partial charge >= 0.3 is 0 Å². The van der Waals surface area contributed by atoms with E-state index in [0.29, 0.717) is 12.1 Å². The number of carbonyl (C=O) groups is 1. The van der Waals surface area contributed by atoms with Crippen LogP contribution in [0.1, 0.15) is 25.3 Å². The molecule has 5 heteroatoms. The van der Waals surface area contributed by atoms with Crippen molar-refractivity contribution in [3.05, 3.63) is 29.8 Å². The summed E-state index contributed by atoms with van der Waals surface area (Å²) in [6.07, 6.45) is 2.26. The average Bonchev–Trinajstić information content (AvgIpc) is 2.98. The number of thioether (sulfide) groups is 1. The van der Waals surface area contributed by atoms with Gasteiger partial charge in [-0.15, -0.1) is 11.8 Å². The molecule has 1 aromatic carbocycles. The first-order chi connectivity index (χ1) is 9.69. The van der Waals surface area contributed by atoms with Crippen molar-refractivity contribution in [2.24, 2.45) is 0 Å². The molecule has 20 heavy (non-hydrogen) atoms. The maximum Gasteiger partial charge on any atom is 0.233 e. The lowest BCUT2D eigenvalue weighted by Crippen LogP contribution is -2.36. The summed E-state index contributed by atoms with van der Waals surface area (Å²) in [5.41, 5.74) is 0.613. The SMILES string of the molecule is C[C@H](Sc1cccc(C#N)c1)C(=O)NC[C@H]1CCCO1. The third kappa shape index (κ3) is 4.26. The second-order valence-corrected chi connectivity index (χ2v) is 6.19. The van der Waals surface area contributed by atoms with E-state index in [2.05, 4.69) is 11.4 Å². The van der Waals surface area contributed by atoms with Crippen LogP contribution in [-0.2, 0) is 9.53 Å². The molecule has 0 unspecified atom stereocenters. The fourth-order valence-corrected chi connectivity index (χ4v) is 3.01. The number of hydrogen-bond donors (Lipinski definition) is 1. The van der Waals surface area contributed by atoms with E-state index >= 15 is 0 Å². The molecule has 1 heterocycles. The monoisotopic (exact) mass is 290 g/mol. The average molecular weight is 290 g/mol. The van der Waals surface area contributed by atoms with Gasteiger partial charge in [0.05, 0.1) is 23.0 Å². The van der Waals surface area contributed by atoms with Gasteiger partial charge in [0.15, 0.2) is 0 Å². The summed E-state index contributed by atoms with van der Waals surface area (Å²) in [6.45, 7) is 3.25. The second kappa shape index (κ2) is 7.32. The van der Waals surface area contributed by atoms with E-state index in [4.69, 9.17) is 10.00 Å². The summed E-state index contributed by atoms with van der Waals surface area (Å²) in [7, 11) is 0. The lowest BCUT2D eigenvalue weighted by atomic mass is 10.2. The Bertz CT molecular complexity index is 507. The minimum absolute atomic E-state index is 0.00728. The van der Waals surface area contributed by atoms with Gasteiger partial charge in [-0.05, 0) is 38.0 Å². The lowest BCUT2D eigenvalue weighted by Gasteiger charge is -2.14. The Kier molecular flexibility index (Phi) is 5.45. The lowest BCUT2D eigenvalue weighted by molar-refractivity contribution is -0.120. The first-order valence-corrected chi connectivity index (χ1v) is 7.63. The Balaban J connectivity index is 1.82. The zero-order chi connectivity index (χ0) is 14.4. The molecule has 1 aliphatic heterocycles. The summed E-state index contributed by atoms with van der Waals surface area (Å²) in [6, 6.07) is 9.40. The quantitative estimate of drug-likeness (QED) is 0.845. The van der Waals surface area contributed by atoms with Crippen LogP contribution in [0.15, 0.2) is 29.2 Å². The molecule has 0 spiro atoms. The van der Waals surface area contributed by atoms with Crippen molar-refractivity contribution < 1.29 is 9.53 Å². The van der Waals surface area contributed by atoms with E-state index in [1.54, 1.807) is 12.1 Å². The van der Waals surface area contributed by atoms with Crippen LogP contribution in [-0.4, -0.2) is 30.4 Å². The van der Waals surface area contributed by atoms with E-state index in [9.17, 15) is 4.79 Å². The molecule has 1 aromatic rings. The van der Waals surface area contributed by atoms with Crippen molar-refractivity contribution in [3.8, 4) is 6.07 Å². The van der Waals surface area contributed by atoms with E-state index in [1.807, 2.05) is 19.1 Å². The van der Waals surface area contributed by atoms with Gasteiger partial charge in [0.25, 0.3) is 0 Å². The van der Waals surface area contributed by atoms with Crippen molar-refractivity contribution in [2.45, 2.75) is 36.0 Å². The van der Waals surface area contributed by atoms with E-state index in [0.717, 1.165) is 24.3 Å².